The molecule has 2 fully saturated rings. The summed E-state index contributed by atoms with van der Waals surface area (Å²) in [6, 6.07) is 11.0. The molecule has 0 saturated carbocycles. The van der Waals surface area contributed by atoms with E-state index >= 15 is 0 Å². The van der Waals surface area contributed by atoms with Gasteiger partial charge in [0, 0.05) is 30.6 Å². The minimum Gasteiger partial charge on any atom is -0.373 e. The topological polar surface area (TPSA) is 41.5 Å². The van der Waals surface area contributed by atoms with E-state index in [0.717, 1.165) is 42.7 Å². The lowest BCUT2D eigenvalue weighted by atomic mass is 10.1. The van der Waals surface area contributed by atoms with Crippen LogP contribution in [0.3, 0.4) is 0 Å². The third-order valence-corrected chi connectivity index (χ3v) is 6.36. The van der Waals surface area contributed by atoms with Gasteiger partial charge in [0.15, 0.2) is 0 Å². The first-order chi connectivity index (χ1) is 12.7. The third-order valence-electron chi connectivity index (χ3n) is 5.49. The van der Waals surface area contributed by atoms with Gasteiger partial charge in [-0.15, -0.1) is 11.3 Å². The number of thiophene rings is 1. The zero-order chi connectivity index (χ0) is 17.7. The first kappa shape index (κ1) is 16.2. The quantitative estimate of drug-likeness (QED) is 0.697. The summed E-state index contributed by atoms with van der Waals surface area (Å²) in [4.78, 5) is 15.5. The Kier molecular flexibility index (Phi) is 3.92. The van der Waals surface area contributed by atoms with Gasteiger partial charge in [0.1, 0.15) is 16.5 Å². The summed E-state index contributed by atoms with van der Waals surface area (Å²) < 4.78 is 6.04. The lowest BCUT2D eigenvalue weighted by molar-refractivity contribution is -0.0362. The van der Waals surface area contributed by atoms with Crippen molar-refractivity contribution >= 4 is 27.4 Å². The molecule has 2 aromatic heterocycles. The SMILES string of the molecule is Cc1nc(N2CC3OCCN(C)C3C2)c2c(-c3ccccc3)csc2n1. The van der Waals surface area contributed by atoms with E-state index in [-0.39, 0.29) is 6.10 Å². The minimum atomic E-state index is 0.262. The molecule has 0 amide bonds. The number of aryl methyl sites for hydroxylation is 1. The molecule has 2 atom stereocenters. The van der Waals surface area contributed by atoms with Crippen LogP contribution in [0.4, 0.5) is 5.82 Å². The molecule has 134 valence electrons. The lowest BCUT2D eigenvalue weighted by Gasteiger charge is -2.33. The van der Waals surface area contributed by atoms with Gasteiger partial charge in [-0.3, -0.25) is 4.90 Å². The Morgan fingerprint density at radius 1 is 1.15 bits per heavy atom. The lowest BCUT2D eigenvalue weighted by Crippen LogP contribution is -2.48. The van der Waals surface area contributed by atoms with Gasteiger partial charge in [0.25, 0.3) is 0 Å². The smallest absolute Gasteiger partial charge is 0.141 e. The summed E-state index contributed by atoms with van der Waals surface area (Å²) in [6.07, 6.45) is 0.262. The largest absolute Gasteiger partial charge is 0.373 e. The molecule has 5 rings (SSSR count). The van der Waals surface area contributed by atoms with Crippen LogP contribution < -0.4 is 4.90 Å². The Morgan fingerprint density at radius 2 is 2.00 bits per heavy atom. The van der Waals surface area contributed by atoms with Crippen LogP contribution >= 0.6 is 11.3 Å². The molecule has 26 heavy (non-hydrogen) atoms. The molecule has 5 nitrogen and oxygen atoms in total. The van der Waals surface area contributed by atoms with Crippen molar-refractivity contribution in [1.29, 1.82) is 0 Å². The van der Waals surface area contributed by atoms with Crippen LogP contribution in [0.2, 0.25) is 0 Å². The number of fused-ring (bicyclic) bond motifs is 2. The molecule has 3 aromatic rings. The Labute approximate surface area is 157 Å². The van der Waals surface area contributed by atoms with Crippen LogP contribution in [0, 0.1) is 6.92 Å². The van der Waals surface area contributed by atoms with Gasteiger partial charge in [-0.25, -0.2) is 9.97 Å². The molecule has 0 N–H and O–H groups in total. The number of ether oxygens (including phenoxy) is 1. The fourth-order valence-corrected chi connectivity index (χ4v) is 5.10. The average Bonchev–Trinajstić information content (AvgIpc) is 3.27. The molecule has 0 aliphatic carbocycles. The van der Waals surface area contributed by atoms with Crippen molar-refractivity contribution < 1.29 is 4.74 Å². The predicted octanol–water partition coefficient (Wildman–Crippen LogP) is 3.19. The number of rotatable bonds is 2. The molecular formula is C20H22N4OS. The van der Waals surface area contributed by atoms with E-state index in [0.29, 0.717) is 6.04 Å². The maximum Gasteiger partial charge on any atom is 0.141 e. The highest BCUT2D eigenvalue weighted by atomic mass is 32.1. The second kappa shape index (κ2) is 6.30. The van der Waals surface area contributed by atoms with Crippen LogP contribution in [-0.2, 0) is 4.74 Å². The molecule has 6 heteroatoms. The highest BCUT2D eigenvalue weighted by Gasteiger charge is 2.40. The van der Waals surface area contributed by atoms with Crippen molar-refractivity contribution in [2.75, 3.05) is 38.2 Å². The number of benzene rings is 1. The second-order valence-corrected chi connectivity index (χ2v) is 8.01. The number of likely N-dealkylation sites (N-methyl/N-ethyl adjacent to an activating group) is 1. The highest BCUT2D eigenvalue weighted by Crippen LogP contribution is 2.39. The minimum absolute atomic E-state index is 0.262. The zero-order valence-corrected chi connectivity index (χ0v) is 15.9. The molecular weight excluding hydrogens is 344 g/mol. The fraction of sp³-hybridized carbons (Fsp3) is 0.400. The number of anilines is 1. The summed E-state index contributed by atoms with van der Waals surface area (Å²) in [6.45, 7) is 5.65. The number of hydrogen-bond acceptors (Lipinski definition) is 6. The summed E-state index contributed by atoms with van der Waals surface area (Å²) in [5.41, 5.74) is 2.45. The molecule has 0 radical (unpaired) electrons. The first-order valence-electron chi connectivity index (χ1n) is 9.09. The van der Waals surface area contributed by atoms with Crippen molar-refractivity contribution in [2.45, 2.75) is 19.1 Å². The fourth-order valence-electron chi connectivity index (χ4n) is 4.12. The molecule has 2 aliphatic heterocycles. The van der Waals surface area contributed by atoms with Crippen LogP contribution in [0.1, 0.15) is 5.82 Å². The van der Waals surface area contributed by atoms with Crippen LogP contribution in [0.15, 0.2) is 35.7 Å². The summed E-state index contributed by atoms with van der Waals surface area (Å²) in [5.74, 6) is 1.89. The van der Waals surface area contributed by atoms with Crippen LogP contribution in [-0.4, -0.2) is 60.3 Å². The van der Waals surface area contributed by atoms with Gasteiger partial charge < -0.3 is 9.64 Å². The maximum absolute atomic E-state index is 6.04. The molecule has 0 spiro atoms. The Hall–Kier alpha value is -2.02. The van der Waals surface area contributed by atoms with Gasteiger partial charge in [-0.1, -0.05) is 30.3 Å². The number of hydrogen-bond donors (Lipinski definition) is 0. The van der Waals surface area contributed by atoms with E-state index in [1.165, 1.54) is 16.5 Å². The van der Waals surface area contributed by atoms with Crippen LogP contribution in [0.5, 0.6) is 0 Å². The molecule has 2 saturated heterocycles. The predicted molar refractivity (Wildman–Crippen MR) is 106 cm³/mol. The van der Waals surface area contributed by atoms with E-state index in [2.05, 4.69) is 52.6 Å². The summed E-state index contributed by atoms with van der Waals surface area (Å²) >= 11 is 1.70. The molecule has 2 aliphatic rings. The van der Waals surface area contributed by atoms with Crippen molar-refractivity contribution in [3.8, 4) is 11.1 Å². The van der Waals surface area contributed by atoms with E-state index in [1.54, 1.807) is 11.3 Å². The van der Waals surface area contributed by atoms with Gasteiger partial charge in [0.2, 0.25) is 0 Å². The standard InChI is InChI=1S/C20H22N4OS/c1-13-21-19(24-10-16-17(11-24)25-9-8-23(16)2)18-15(12-26-20(18)22-13)14-6-4-3-5-7-14/h3-7,12,16-17H,8-11H2,1-2H3. The Morgan fingerprint density at radius 3 is 2.81 bits per heavy atom. The highest BCUT2D eigenvalue weighted by molar-refractivity contribution is 7.17. The van der Waals surface area contributed by atoms with Gasteiger partial charge in [0.05, 0.1) is 24.1 Å². The molecule has 2 unspecified atom stereocenters. The van der Waals surface area contributed by atoms with E-state index in [4.69, 9.17) is 14.7 Å². The third kappa shape index (κ3) is 2.60. The summed E-state index contributed by atoms with van der Waals surface area (Å²) in [5, 5.41) is 3.39. The van der Waals surface area contributed by atoms with E-state index in [1.807, 2.05) is 6.92 Å². The van der Waals surface area contributed by atoms with Gasteiger partial charge in [-0.05, 0) is 19.5 Å². The first-order valence-corrected chi connectivity index (χ1v) is 9.97. The van der Waals surface area contributed by atoms with Gasteiger partial charge >= 0.3 is 0 Å². The zero-order valence-electron chi connectivity index (χ0n) is 15.1. The van der Waals surface area contributed by atoms with Crippen molar-refractivity contribution in [3.63, 3.8) is 0 Å². The van der Waals surface area contributed by atoms with E-state index < -0.39 is 0 Å². The number of aromatic nitrogens is 2. The van der Waals surface area contributed by atoms with Crippen molar-refractivity contribution in [2.24, 2.45) is 0 Å². The van der Waals surface area contributed by atoms with Gasteiger partial charge in [-0.2, -0.15) is 0 Å². The molecule has 4 heterocycles. The number of nitrogens with zero attached hydrogens (tertiary/aromatic N) is 4. The Balaban J connectivity index is 1.62. The monoisotopic (exact) mass is 366 g/mol. The number of morpholine rings is 1. The van der Waals surface area contributed by atoms with Crippen molar-refractivity contribution in [1.82, 2.24) is 14.9 Å². The molecule has 0 bridgehead atoms. The summed E-state index contributed by atoms with van der Waals surface area (Å²) in [7, 11) is 2.20. The second-order valence-electron chi connectivity index (χ2n) is 7.15. The van der Waals surface area contributed by atoms with E-state index in [9.17, 15) is 0 Å². The molecule has 1 aromatic carbocycles. The average molecular weight is 366 g/mol. The Bertz CT molecular complexity index is 942. The van der Waals surface area contributed by atoms with Crippen molar-refractivity contribution in [3.05, 3.63) is 41.5 Å². The maximum atomic E-state index is 6.04. The van der Waals surface area contributed by atoms with Crippen LogP contribution in [0.25, 0.3) is 21.3 Å². The normalized spacial score (nSPS) is 23.5.